The van der Waals surface area contributed by atoms with E-state index in [2.05, 4.69) is 16.5 Å². The van der Waals surface area contributed by atoms with E-state index in [1.54, 1.807) is 0 Å². The van der Waals surface area contributed by atoms with E-state index in [1.807, 2.05) is 6.92 Å². The molecule has 0 radical (unpaired) electrons. The summed E-state index contributed by atoms with van der Waals surface area (Å²) in [6.07, 6.45) is 2.13. The van der Waals surface area contributed by atoms with E-state index >= 15 is 0 Å². The van der Waals surface area contributed by atoms with Crippen molar-refractivity contribution in [1.82, 2.24) is 9.55 Å². The van der Waals surface area contributed by atoms with Gasteiger partial charge in [0.05, 0.1) is 5.69 Å². The predicted molar refractivity (Wildman–Crippen MR) is 57.4 cm³/mol. The number of aryl methyl sites for hydroxylation is 1. The van der Waals surface area contributed by atoms with E-state index in [-0.39, 0.29) is 6.04 Å². The summed E-state index contributed by atoms with van der Waals surface area (Å²) in [5.74, 6) is 1.57. The summed E-state index contributed by atoms with van der Waals surface area (Å²) in [7, 11) is 0. The Kier molecular flexibility index (Phi) is 2.54. The minimum atomic E-state index is 0.253. The molecule has 2 atom stereocenters. The van der Waals surface area contributed by atoms with Crippen LogP contribution in [-0.4, -0.2) is 15.6 Å². The van der Waals surface area contributed by atoms with Crippen LogP contribution < -0.4 is 5.73 Å². The first-order valence-corrected chi connectivity index (χ1v) is 5.44. The summed E-state index contributed by atoms with van der Waals surface area (Å²) >= 11 is 6.03. The monoisotopic (exact) mass is 213 g/mol. The zero-order valence-corrected chi connectivity index (χ0v) is 9.38. The molecule has 0 aromatic carbocycles. The van der Waals surface area contributed by atoms with Crippen LogP contribution >= 0.6 is 11.6 Å². The van der Waals surface area contributed by atoms with Gasteiger partial charge in [-0.15, -0.1) is 0 Å². The van der Waals surface area contributed by atoms with Gasteiger partial charge in [-0.2, -0.15) is 0 Å². The Bertz CT molecular complexity index is 343. The number of aromatic nitrogens is 2. The van der Waals surface area contributed by atoms with Crippen molar-refractivity contribution in [2.75, 3.05) is 0 Å². The number of nitrogens with two attached hydrogens (primary N) is 1. The number of hydrogen-bond acceptors (Lipinski definition) is 2. The summed E-state index contributed by atoms with van der Waals surface area (Å²) in [6, 6.07) is 0.253. The Labute approximate surface area is 89.3 Å². The zero-order valence-electron chi connectivity index (χ0n) is 8.63. The number of halogens is 1. The van der Waals surface area contributed by atoms with Gasteiger partial charge < -0.3 is 10.3 Å². The molecule has 3 nitrogen and oxygen atoms in total. The molecule has 0 saturated heterocycles. The molecule has 1 aromatic rings. The van der Waals surface area contributed by atoms with Crippen LogP contribution in [0.3, 0.4) is 0 Å². The standard InChI is InChI=1S/C10H16ClN3/c1-6(12)8-3-4-9-10(11)13-7(2)14(9)5-8/h6,8H,3-5,12H2,1-2H3. The highest BCUT2D eigenvalue weighted by atomic mass is 35.5. The van der Waals surface area contributed by atoms with Gasteiger partial charge in [0.1, 0.15) is 5.82 Å². The van der Waals surface area contributed by atoms with Crippen molar-refractivity contribution in [2.24, 2.45) is 11.7 Å². The zero-order chi connectivity index (χ0) is 10.3. The molecule has 0 aliphatic carbocycles. The lowest BCUT2D eigenvalue weighted by Gasteiger charge is -2.27. The van der Waals surface area contributed by atoms with Crippen LogP contribution in [0.15, 0.2) is 0 Å². The van der Waals surface area contributed by atoms with Crippen molar-refractivity contribution in [3.05, 3.63) is 16.7 Å². The van der Waals surface area contributed by atoms with Crippen molar-refractivity contribution in [2.45, 2.75) is 39.3 Å². The summed E-state index contributed by atoms with van der Waals surface area (Å²) in [4.78, 5) is 4.27. The molecule has 78 valence electrons. The van der Waals surface area contributed by atoms with Crippen molar-refractivity contribution in [1.29, 1.82) is 0 Å². The number of nitrogens with zero attached hydrogens (tertiary/aromatic N) is 2. The topological polar surface area (TPSA) is 43.8 Å². The van der Waals surface area contributed by atoms with Gasteiger partial charge >= 0.3 is 0 Å². The van der Waals surface area contributed by atoms with Crippen LogP contribution in [0.5, 0.6) is 0 Å². The third-order valence-corrected chi connectivity index (χ3v) is 3.43. The molecule has 2 N–H and O–H groups in total. The minimum absolute atomic E-state index is 0.253. The maximum Gasteiger partial charge on any atom is 0.150 e. The van der Waals surface area contributed by atoms with E-state index < -0.39 is 0 Å². The average molecular weight is 214 g/mol. The number of fused-ring (bicyclic) bond motifs is 1. The SMILES string of the molecule is Cc1nc(Cl)c2n1CC(C(C)N)CC2. The summed E-state index contributed by atoms with van der Waals surface area (Å²) in [5.41, 5.74) is 7.10. The third kappa shape index (κ3) is 1.55. The maximum absolute atomic E-state index is 6.03. The first-order chi connectivity index (χ1) is 6.59. The largest absolute Gasteiger partial charge is 0.330 e. The summed E-state index contributed by atoms with van der Waals surface area (Å²) < 4.78 is 2.21. The van der Waals surface area contributed by atoms with E-state index in [4.69, 9.17) is 17.3 Å². The van der Waals surface area contributed by atoms with Crippen LogP contribution in [0.25, 0.3) is 0 Å². The molecule has 1 aliphatic heterocycles. The normalized spacial score (nSPS) is 23.3. The summed E-state index contributed by atoms with van der Waals surface area (Å²) in [5, 5.41) is 0.672. The number of hydrogen-bond donors (Lipinski definition) is 1. The fraction of sp³-hybridized carbons (Fsp3) is 0.700. The van der Waals surface area contributed by atoms with Crippen LogP contribution in [0.1, 0.15) is 24.9 Å². The van der Waals surface area contributed by atoms with E-state index in [0.29, 0.717) is 11.1 Å². The molecular weight excluding hydrogens is 198 g/mol. The Morgan fingerprint density at radius 2 is 2.36 bits per heavy atom. The van der Waals surface area contributed by atoms with Crippen molar-refractivity contribution in [3.63, 3.8) is 0 Å². The van der Waals surface area contributed by atoms with Gasteiger partial charge in [-0.05, 0) is 32.6 Å². The molecule has 0 fully saturated rings. The summed E-state index contributed by atoms with van der Waals surface area (Å²) in [6.45, 7) is 5.04. The molecule has 2 unspecified atom stereocenters. The molecule has 1 aromatic heterocycles. The molecule has 1 aliphatic rings. The lowest BCUT2D eigenvalue weighted by Crippen LogP contribution is -2.34. The molecule has 4 heteroatoms. The van der Waals surface area contributed by atoms with Crippen molar-refractivity contribution < 1.29 is 0 Å². The molecule has 0 amide bonds. The predicted octanol–water partition coefficient (Wildman–Crippen LogP) is 1.75. The highest BCUT2D eigenvalue weighted by molar-refractivity contribution is 6.30. The van der Waals surface area contributed by atoms with E-state index in [1.165, 1.54) is 5.69 Å². The smallest absolute Gasteiger partial charge is 0.150 e. The lowest BCUT2D eigenvalue weighted by molar-refractivity contribution is 0.321. The average Bonchev–Trinajstić information content (AvgIpc) is 2.42. The van der Waals surface area contributed by atoms with Gasteiger partial charge in [0.2, 0.25) is 0 Å². The molecule has 2 heterocycles. The fourth-order valence-electron chi connectivity index (χ4n) is 2.13. The fourth-order valence-corrected chi connectivity index (χ4v) is 2.45. The Morgan fingerprint density at radius 3 is 3.00 bits per heavy atom. The molecule has 0 saturated carbocycles. The van der Waals surface area contributed by atoms with Crippen LogP contribution in [-0.2, 0) is 13.0 Å². The number of rotatable bonds is 1. The molecule has 0 bridgehead atoms. The second-order valence-corrected chi connectivity index (χ2v) is 4.52. The van der Waals surface area contributed by atoms with Crippen molar-refractivity contribution in [3.8, 4) is 0 Å². The Hall–Kier alpha value is -0.540. The van der Waals surface area contributed by atoms with Crippen LogP contribution in [0.2, 0.25) is 5.15 Å². The first kappa shape index (κ1) is 9.99. The third-order valence-electron chi connectivity index (χ3n) is 3.13. The minimum Gasteiger partial charge on any atom is -0.330 e. The van der Waals surface area contributed by atoms with Crippen LogP contribution in [0, 0.1) is 12.8 Å². The van der Waals surface area contributed by atoms with Gasteiger partial charge in [-0.3, -0.25) is 0 Å². The second kappa shape index (κ2) is 3.55. The highest BCUT2D eigenvalue weighted by Crippen LogP contribution is 2.27. The van der Waals surface area contributed by atoms with Gasteiger partial charge in [-0.1, -0.05) is 11.6 Å². The van der Waals surface area contributed by atoms with Gasteiger partial charge in [0, 0.05) is 12.6 Å². The first-order valence-electron chi connectivity index (χ1n) is 5.06. The van der Waals surface area contributed by atoms with E-state index in [9.17, 15) is 0 Å². The molecule has 14 heavy (non-hydrogen) atoms. The van der Waals surface area contributed by atoms with Crippen LogP contribution in [0.4, 0.5) is 0 Å². The maximum atomic E-state index is 6.03. The molecular formula is C10H16ClN3. The lowest BCUT2D eigenvalue weighted by atomic mass is 9.92. The molecule has 2 rings (SSSR count). The van der Waals surface area contributed by atoms with Gasteiger partial charge in [0.25, 0.3) is 0 Å². The van der Waals surface area contributed by atoms with Crippen molar-refractivity contribution >= 4 is 11.6 Å². The highest BCUT2D eigenvalue weighted by Gasteiger charge is 2.24. The van der Waals surface area contributed by atoms with E-state index in [0.717, 1.165) is 25.2 Å². The van der Waals surface area contributed by atoms with Gasteiger partial charge in [-0.25, -0.2) is 4.98 Å². The quantitative estimate of drug-likeness (QED) is 0.773. The Balaban J connectivity index is 2.30. The Morgan fingerprint density at radius 1 is 1.64 bits per heavy atom. The molecule has 0 spiro atoms. The second-order valence-electron chi connectivity index (χ2n) is 4.16. The van der Waals surface area contributed by atoms with Gasteiger partial charge in [0.15, 0.2) is 5.15 Å². The number of imidazole rings is 1.